The molecule has 148 valence electrons. The molecule has 0 fully saturated rings. The van der Waals surface area contributed by atoms with Crippen LogP contribution >= 0.6 is 0 Å². The summed E-state index contributed by atoms with van der Waals surface area (Å²) in [7, 11) is 5.48. The van der Waals surface area contributed by atoms with Crippen LogP contribution in [0.15, 0.2) is 42.5 Å². The van der Waals surface area contributed by atoms with Gasteiger partial charge < -0.3 is 20.3 Å². The third kappa shape index (κ3) is 4.02. The molecular formula is C22H27N3O3. The fourth-order valence-corrected chi connectivity index (χ4v) is 3.56. The highest BCUT2D eigenvalue weighted by molar-refractivity contribution is 6.02. The summed E-state index contributed by atoms with van der Waals surface area (Å²) >= 11 is 0. The minimum Gasteiger partial charge on any atom is -0.489 e. The van der Waals surface area contributed by atoms with E-state index in [9.17, 15) is 9.59 Å². The summed E-state index contributed by atoms with van der Waals surface area (Å²) < 4.78 is 6.08. The summed E-state index contributed by atoms with van der Waals surface area (Å²) in [5, 5.41) is 5.57. The molecule has 3 rings (SSSR count). The van der Waals surface area contributed by atoms with E-state index >= 15 is 0 Å². The zero-order valence-corrected chi connectivity index (χ0v) is 16.8. The topological polar surface area (TPSA) is 70.7 Å². The lowest BCUT2D eigenvalue weighted by Gasteiger charge is -2.15. The van der Waals surface area contributed by atoms with Gasteiger partial charge >= 0.3 is 0 Å². The zero-order valence-electron chi connectivity index (χ0n) is 16.8. The van der Waals surface area contributed by atoms with E-state index in [-0.39, 0.29) is 23.8 Å². The van der Waals surface area contributed by atoms with Crippen molar-refractivity contribution in [2.75, 3.05) is 34.2 Å². The summed E-state index contributed by atoms with van der Waals surface area (Å²) in [5.74, 6) is 0.0703. The van der Waals surface area contributed by atoms with Gasteiger partial charge in [-0.25, -0.2) is 0 Å². The summed E-state index contributed by atoms with van der Waals surface area (Å²) in [5.41, 5.74) is 2.83. The largest absolute Gasteiger partial charge is 0.489 e. The molecule has 0 bridgehead atoms. The van der Waals surface area contributed by atoms with Crippen molar-refractivity contribution >= 4 is 11.8 Å². The minimum absolute atomic E-state index is 0.0332. The predicted molar refractivity (Wildman–Crippen MR) is 109 cm³/mol. The third-order valence-corrected chi connectivity index (χ3v) is 4.96. The third-order valence-electron chi connectivity index (χ3n) is 4.96. The fraction of sp³-hybridized carbons (Fsp3) is 0.364. The van der Waals surface area contributed by atoms with Crippen LogP contribution in [0.5, 0.6) is 5.75 Å². The Bertz CT molecular complexity index is 865. The van der Waals surface area contributed by atoms with Gasteiger partial charge in [0.15, 0.2) is 0 Å². The Balaban J connectivity index is 2.02. The molecule has 6 nitrogen and oxygen atoms in total. The van der Waals surface area contributed by atoms with E-state index in [1.165, 1.54) is 0 Å². The van der Waals surface area contributed by atoms with Crippen LogP contribution in [-0.2, 0) is 0 Å². The predicted octanol–water partition coefficient (Wildman–Crippen LogP) is 2.25. The molecule has 0 aromatic heterocycles. The number of hydrogen-bond donors (Lipinski definition) is 2. The van der Waals surface area contributed by atoms with Crippen LogP contribution in [0, 0.1) is 0 Å². The second kappa shape index (κ2) is 8.44. The van der Waals surface area contributed by atoms with Crippen LogP contribution < -0.4 is 15.4 Å². The van der Waals surface area contributed by atoms with Gasteiger partial charge in [-0.15, -0.1) is 0 Å². The highest BCUT2D eigenvalue weighted by atomic mass is 16.5. The summed E-state index contributed by atoms with van der Waals surface area (Å²) in [6, 6.07) is 13.5. The van der Waals surface area contributed by atoms with Crippen molar-refractivity contribution in [3.05, 3.63) is 64.7 Å². The number of hydrogen-bond acceptors (Lipinski definition) is 4. The van der Waals surface area contributed by atoms with E-state index in [1.54, 1.807) is 13.1 Å². The van der Waals surface area contributed by atoms with E-state index in [0.29, 0.717) is 23.4 Å². The van der Waals surface area contributed by atoms with Crippen molar-refractivity contribution in [3.63, 3.8) is 0 Å². The van der Waals surface area contributed by atoms with Crippen LogP contribution in [0.1, 0.15) is 44.7 Å². The van der Waals surface area contributed by atoms with E-state index in [1.807, 2.05) is 62.3 Å². The van der Waals surface area contributed by atoms with Gasteiger partial charge in [-0.2, -0.15) is 0 Å². The number of benzene rings is 2. The molecule has 2 atom stereocenters. The Kier molecular flexibility index (Phi) is 5.99. The molecule has 0 spiro atoms. The van der Waals surface area contributed by atoms with Gasteiger partial charge in [-0.05, 0) is 38.7 Å². The maximum atomic E-state index is 12.7. The molecule has 0 aliphatic carbocycles. The molecule has 2 N–H and O–H groups in total. The number of amides is 2. The summed E-state index contributed by atoms with van der Waals surface area (Å²) in [6.45, 7) is 3.27. The number of carbonyl (C=O) groups is 2. The Hall–Kier alpha value is -2.86. The highest BCUT2D eigenvalue weighted by Gasteiger charge is 2.36. The van der Waals surface area contributed by atoms with Gasteiger partial charge in [0, 0.05) is 37.2 Å². The molecule has 0 unspecified atom stereocenters. The van der Waals surface area contributed by atoms with Crippen molar-refractivity contribution in [2.45, 2.75) is 18.9 Å². The molecule has 2 aromatic rings. The lowest BCUT2D eigenvalue weighted by atomic mass is 9.87. The number of fused-ring (bicyclic) bond motifs is 1. The first-order valence-electron chi connectivity index (χ1n) is 9.47. The van der Waals surface area contributed by atoms with Crippen molar-refractivity contribution in [2.24, 2.45) is 0 Å². The lowest BCUT2D eigenvalue weighted by Crippen LogP contribution is -2.31. The smallest absolute Gasteiger partial charge is 0.254 e. The summed E-state index contributed by atoms with van der Waals surface area (Å²) in [6.07, 6.45) is -0.132. The van der Waals surface area contributed by atoms with Crippen LogP contribution in [0.25, 0.3) is 0 Å². The van der Waals surface area contributed by atoms with Gasteiger partial charge in [0.2, 0.25) is 0 Å². The van der Waals surface area contributed by atoms with Gasteiger partial charge in [-0.3, -0.25) is 9.59 Å². The second-order valence-corrected chi connectivity index (χ2v) is 7.29. The average Bonchev–Trinajstić information content (AvgIpc) is 3.02. The highest BCUT2D eigenvalue weighted by Crippen LogP contribution is 2.44. The lowest BCUT2D eigenvalue weighted by molar-refractivity contribution is 0.0951. The quantitative estimate of drug-likeness (QED) is 0.805. The van der Waals surface area contributed by atoms with E-state index < -0.39 is 0 Å². The average molecular weight is 381 g/mol. The van der Waals surface area contributed by atoms with Crippen molar-refractivity contribution < 1.29 is 14.3 Å². The Morgan fingerprint density at radius 1 is 1.11 bits per heavy atom. The molecule has 2 amide bonds. The number of carbonyl (C=O) groups excluding carboxylic acids is 2. The normalized spacial score (nSPS) is 17.8. The zero-order chi connectivity index (χ0) is 20.3. The molecule has 1 heterocycles. The van der Waals surface area contributed by atoms with Crippen molar-refractivity contribution in [1.29, 1.82) is 0 Å². The van der Waals surface area contributed by atoms with E-state index in [0.717, 1.165) is 17.7 Å². The molecule has 0 radical (unpaired) electrons. The SMILES string of the molecule is CNC(=O)c1cc(C(=O)NCCN(C)C)cc2c1O[C@H](C)[C@H]2c1ccccc1. The molecule has 0 saturated carbocycles. The van der Waals surface area contributed by atoms with Crippen molar-refractivity contribution in [1.82, 2.24) is 15.5 Å². The maximum absolute atomic E-state index is 12.7. The minimum atomic E-state index is -0.264. The van der Waals surface area contributed by atoms with E-state index in [4.69, 9.17) is 4.74 Å². The molecule has 2 aromatic carbocycles. The first-order valence-corrected chi connectivity index (χ1v) is 9.47. The number of nitrogens with one attached hydrogen (secondary N) is 2. The number of nitrogens with zero attached hydrogens (tertiary/aromatic N) is 1. The van der Waals surface area contributed by atoms with Crippen molar-refractivity contribution in [3.8, 4) is 5.75 Å². The number of likely N-dealkylation sites (N-methyl/N-ethyl adjacent to an activating group) is 1. The van der Waals surface area contributed by atoms with Gasteiger partial charge in [0.25, 0.3) is 11.8 Å². The molecule has 1 aliphatic rings. The van der Waals surface area contributed by atoms with Crippen LogP contribution in [-0.4, -0.2) is 57.1 Å². The van der Waals surface area contributed by atoms with Gasteiger partial charge in [0.1, 0.15) is 11.9 Å². The Morgan fingerprint density at radius 2 is 1.82 bits per heavy atom. The molecule has 0 saturated heterocycles. The number of ether oxygens (including phenoxy) is 1. The second-order valence-electron chi connectivity index (χ2n) is 7.29. The van der Waals surface area contributed by atoms with Gasteiger partial charge in [0.05, 0.1) is 5.56 Å². The standard InChI is InChI=1S/C22H27N3O3/c1-14-19(15-8-6-5-7-9-15)17-12-16(21(26)24-10-11-25(3)4)13-18(20(17)28-14)22(27)23-2/h5-9,12-14,19H,10-11H2,1-4H3,(H,23,27)(H,24,26)/t14-,19+/m1/s1. The Labute approximate surface area is 165 Å². The molecule has 1 aliphatic heterocycles. The first kappa shape index (κ1) is 19.9. The molecule has 28 heavy (non-hydrogen) atoms. The van der Waals surface area contributed by atoms with Crippen LogP contribution in [0.3, 0.4) is 0 Å². The monoisotopic (exact) mass is 381 g/mol. The first-order chi connectivity index (χ1) is 13.4. The molecular weight excluding hydrogens is 354 g/mol. The maximum Gasteiger partial charge on any atom is 0.254 e. The Morgan fingerprint density at radius 3 is 2.46 bits per heavy atom. The van der Waals surface area contributed by atoms with Gasteiger partial charge in [-0.1, -0.05) is 30.3 Å². The van der Waals surface area contributed by atoms with Crippen LogP contribution in [0.2, 0.25) is 0 Å². The fourth-order valence-electron chi connectivity index (χ4n) is 3.56. The number of rotatable bonds is 6. The summed E-state index contributed by atoms with van der Waals surface area (Å²) in [4.78, 5) is 27.2. The van der Waals surface area contributed by atoms with E-state index in [2.05, 4.69) is 10.6 Å². The van der Waals surface area contributed by atoms with Crippen LogP contribution in [0.4, 0.5) is 0 Å². The molecule has 6 heteroatoms.